The van der Waals surface area contributed by atoms with Gasteiger partial charge in [-0.1, -0.05) is 0 Å². The Bertz CT molecular complexity index is 758. The van der Waals surface area contributed by atoms with Gasteiger partial charge in [0.05, 0.1) is 30.7 Å². The van der Waals surface area contributed by atoms with Gasteiger partial charge in [0.2, 0.25) is 5.91 Å². The topological polar surface area (TPSA) is 84.0 Å². The predicted octanol–water partition coefficient (Wildman–Crippen LogP) is 1.80. The summed E-state index contributed by atoms with van der Waals surface area (Å²) in [4.78, 5) is 52.0. The number of ketones is 1. The lowest BCUT2D eigenvalue weighted by Gasteiger charge is -2.34. The normalized spacial score (nSPS) is 23.6. The van der Waals surface area contributed by atoms with Crippen LogP contribution in [-0.2, 0) is 19.1 Å². The van der Waals surface area contributed by atoms with Gasteiger partial charge in [0.15, 0.2) is 5.78 Å². The summed E-state index contributed by atoms with van der Waals surface area (Å²) in [6.07, 6.45) is 1.62. The fraction of sp³-hybridized carbons (Fsp3) is 0.500. The van der Waals surface area contributed by atoms with Gasteiger partial charge in [0.1, 0.15) is 0 Å². The smallest absolute Gasteiger partial charge is 0.310 e. The molecule has 0 radical (unpaired) electrons. The van der Waals surface area contributed by atoms with Crippen LogP contribution in [0.1, 0.15) is 43.5 Å². The number of esters is 1. The maximum atomic E-state index is 12.9. The second kappa shape index (κ2) is 8.00. The third-order valence-electron chi connectivity index (χ3n) is 5.17. The average Bonchev–Trinajstić information content (AvgIpc) is 2.96. The fourth-order valence-electron chi connectivity index (χ4n) is 3.76. The molecule has 1 aromatic rings. The number of anilines is 1. The minimum absolute atomic E-state index is 0.0724. The number of rotatable bonds is 5. The Morgan fingerprint density at radius 2 is 1.89 bits per heavy atom. The highest BCUT2D eigenvalue weighted by Gasteiger charge is 2.44. The maximum Gasteiger partial charge on any atom is 0.310 e. The minimum atomic E-state index is -0.554. The van der Waals surface area contributed by atoms with E-state index in [-0.39, 0.29) is 35.9 Å². The number of piperidine rings is 1. The molecule has 2 aliphatic rings. The number of likely N-dealkylation sites (tertiary alicyclic amines) is 1. The highest BCUT2D eigenvalue weighted by atomic mass is 16.5. The summed E-state index contributed by atoms with van der Waals surface area (Å²) < 4.78 is 5.11. The molecule has 2 amide bonds. The largest absolute Gasteiger partial charge is 0.466 e. The molecule has 0 N–H and O–H groups in total. The van der Waals surface area contributed by atoms with Gasteiger partial charge in [-0.05, 0) is 57.5 Å². The molecule has 7 heteroatoms. The Hall–Kier alpha value is -2.54. The fourth-order valence-corrected chi connectivity index (χ4v) is 3.76. The molecule has 3 rings (SSSR count). The van der Waals surface area contributed by atoms with E-state index in [1.807, 2.05) is 4.90 Å². The van der Waals surface area contributed by atoms with Gasteiger partial charge in [-0.25, -0.2) is 4.90 Å². The van der Waals surface area contributed by atoms with E-state index in [0.29, 0.717) is 30.9 Å². The monoisotopic (exact) mass is 372 g/mol. The standard InChI is InChI=1S/C20H24N2O5/c1-3-27-20(26)15-5-4-10-21(12-15)17-11-18(24)22(19(17)25)16-8-6-14(7-9-16)13(2)23/h6-9,15,17H,3-5,10-12H2,1-2H3/t15-,17-/m1/s1. The summed E-state index contributed by atoms with van der Waals surface area (Å²) in [5, 5.41) is 0. The molecule has 0 aromatic heterocycles. The van der Waals surface area contributed by atoms with Crippen LogP contribution < -0.4 is 4.90 Å². The third-order valence-corrected chi connectivity index (χ3v) is 5.17. The summed E-state index contributed by atoms with van der Waals surface area (Å²) in [6, 6.07) is 5.91. The lowest BCUT2D eigenvalue weighted by Crippen LogP contribution is -2.48. The van der Waals surface area contributed by atoms with Gasteiger partial charge >= 0.3 is 5.97 Å². The molecule has 2 aliphatic heterocycles. The van der Waals surface area contributed by atoms with E-state index < -0.39 is 6.04 Å². The number of ether oxygens (including phenoxy) is 1. The summed E-state index contributed by atoms with van der Waals surface area (Å²) in [7, 11) is 0. The molecule has 0 spiro atoms. The second-order valence-electron chi connectivity index (χ2n) is 6.98. The maximum absolute atomic E-state index is 12.9. The van der Waals surface area contributed by atoms with Crippen LogP contribution in [0.4, 0.5) is 5.69 Å². The van der Waals surface area contributed by atoms with Gasteiger partial charge in [-0.15, -0.1) is 0 Å². The number of amides is 2. The summed E-state index contributed by atoms with van der Waals surface area (Å²) >= 11 is 0. The Labute approximate surface area is 158 Å². The molecule has 27 heavy (non-hydrogen) atoms. The molecular formula is C20H24N2O5. The van der Waals surface area contributed by atoms with Crippen LogP contribution in [0.5, 0.6) is 0 Å². The van der Waals surface area contributed by atoms with Crippen molar-refractivity contribution >= 4 is 29.3 Å². The Kier molecular flexibility index (Phi) is 5.70. The first-order valence-corrected chi connectivity index (χ1v) is 9.30. The van der Waals surface area contributed by atoms with E-state index in [2.05, 4.69) is 0 Å². The molecule has 2 fully saturated rings. The van der Waals surface area contributed by atoms with Crippen molar-refractivity contribution in [2.24, 2.45) is 5.92 Å². The van der Waals surface area contributed by atoms with Crippen molar-refractivity contribution in [2.45, 2.75) is 39.2 Å². The molecule has 0 aliphatic carbocycles. The zero-order valence-corrected chi connectivity index (χ0v) is 15.6. The molecule has 0 bridgehead atoms. The highest BCUT2D eigenvalue weighted by molar-refractivity contribution is 6.22. The molecule has 0 saturated carbocycles. The van der Waals surface area contributed by atoms with Crippen molar-refractivity contribution in [2.75, 3.05) is 24.6 Å². The van der Waals surface area contributed by atoms with Crippen LogP contribution in [0.3, 0.4) is 0 Å². The Morgan fingerprint density at radius 1 is 1.19 bits per heavy atom. The van der Waals surface area contributed by atoms with E-state index in [4.69, 9.17) is 4.74 Å². The third kappa shape index (κ3) is 3.93. The molecule has 0 unspecified atom stereocenters. The number of hydrogen-bond donors (Lipinski definition) is 0. The first kappa shape index (κ1) is 19.2. The number of benzene rings is 1. The first-order chi connectivity index (χ1) is 12.9. The zero-order valence-electron chi connectivity index (χ0n) is 15.6. The van der Waals surface area contributed by atoms with Crippen LogP contribution in [-0.4, -0.2) is 54.2 Å². The van der Waals surface area contributed by atoms with Crippen molar-refractivity contribution < 1.29 is 23.9 Å². The van der Waals surface area contributed by atoms with Gasteiger partial charge < -0.3 is 4.74 Å². The van der Waals surface area contributed by atoms with Crippen molar-refractivity contribution in [3.8, 4) is 0 Å². The number of Topliss-reactive ketones (excluding diaryl/α,β-unsaturated/α-hetero) is 1. The van der Waals surface area contributed by atoms with Crippen LogP contribution in [0.25, 0.3) is 0 Å². The van der Waals surface area contributed by atoms with Crippen LogP contribution in [0.2, 0.25) is 0 Å². The molecule has 1 aromatic carbocycles. The lowest BCUT2D eigenvalue weighted by atomic mass is 9.96. The highest BCUT2D eigenvalue weighted by Crippen LogP contribution is 2.29. The van der Waals surface area contributed by atoms with E-state index >= 15 is 0 Å². The summed E-state index contributed by atoms with van der Waals surface area (Å²) in [5.74, 6) is -1.11. The Morgan fingerprint density at radius 3 is 2.52 bits per heavy atom. The van der Waals surface area contributed by atoms with Gasteiger partial charge in [-0.3, -0.25) is 24.1 Å². The SMILES string of the molecule is CCOC(=O)[C@@H]1CCCN([C@@H]2CC(=O)N(c3ccc(C(C)=O)cc3)C2=O)C1. The van der Waals surface area contributed by atoms with Crippen molar-refractivity contribution in [3.63, 3.8) is 0 Å². The zero-order chi connectivity index (χ0) is 19.6. The van der Waals surface area contributed by atoms with Crippen LogP contribution >= 0.6 is 0 Å². The molecular weight excluding hydrogens is 348 g/mol. The molecule has 144 valence electrons. The summed E-state index contributed by atoms with van der Waals surface area (Å²) in [6.45, 7) is 4.68. The van der Waals surface area contributed by atoms with Crippen LogP contribution in [0, 0.1) is 5.92 Å². The minimum Gasteiger partial charge on any atom is -0.466 e. The number of imide groups is 1. The molecule has 2 heterocycles. The second-order valence-corrected chi connectivity index (χ2v) is 6.98. The molecule has 2 atom stereocenters. The molecule has 7 nitrogen and oxygen atoms in total. The van der Waals surface area contributed by atoms with E-state index in [9.17, 15) is 19.2 Å². The van der Waals surface area contributed by atoms with Crippen molar-refractivity contribution in [3.05, 3.63) is 29.8 Å². The lowest BCUT2D eigenvalue weighted by molar-refractivity contribution is -0.150. The van der Waals surface area contributed by atoms with Gasteiger partial charge in [0.25, 0.3) is 5.91 Å². The van der Waals surface area contributed by atoms with Crippen molar-refractivity contribution in [1.82, 2.24) is 4.90 Å². The van der Waals surface area contributed by atoms with E-state index in [1.165, 1.54) is 11.8 Å². The van der Waals surface area contributed by atoms with Gasteiger partial charge in [-0.2, -0.15) is 0 Å². The number of hydrogen-bond acceptors (Lipinski definition) is 6. The van der Waals surface area contributed by atoms with E-state index in [1.54, 1.807) is 31.2 Å². The number of carbonyl (C=O) groups excluding carboxylic acids is 4. The predicted molar refractivity (Wildman–Crippen MR) is 98.3 cm³/mol. The first-order valence-electron chi connectivity index (χ1n) is 9.30. The van der Waals surface area contributed by atoms with E-state index in [0.717, 1.165) is 12.8 Å². The average molecular weight is 372 g/mol. The van der Waals surface area contributed by atoms with Crippen molar-refractivity contribution in [1.29, 1.82) is 0 Å². The number of nitrogens with zero attached hydrogens (tertiary/aromatic N) is 2. The Balaban J connectivity index is 1.73. The molecule has 2 saturated heterocycles. The van der Waals surface area contributed by atoms with Crippen LogP contribution in [0.15, 0.2) is 24.3 Å². The number of carbonyl (C=O) groups is 4. The summed E-state index contributed by atoms with van der Waals surface area (Å²) in [5.41, 5.74) is 0.999. The quantitative estimate of drug-likeness (QED) is 0.445. The van der Waals surface area contributed by atoms with Gasteiger partial charge in [0, 0.05) is 12.1 Å².